The lowest BCUT2D eigenvalue weighted by atomic mass is 9.99. The second-order valence-corrected chi connectivity index (χ2v) is 6.06. The topological polar surface area (TPSA) is 87.5 Å². The molecule has 1 fully saturated rings. The second kappa shape index (κ2) is 7.81. The first-order chi connectivity index (χ1) is 12.1. The molecule has 3 rings (SSSR count). The number of carbonyl (C=O) groups is 2. The molecule has 130 valence electrons. The minimum atomic E-state index is -0.508. The molecule has 0 saturated carbocycles. The zero-order valence-corrected chi connectivity index (χ0v) is 13.9. The third-order valence-corrected chi connectivity index (χ3v) is 4.34. The summed E-state index contributed by atoms with van der Waals surface area (Å²) in [6, 6.07) is 18.7. The Labute approximate surface area is 147 Å². The summed E-state index contributed by atoms with van der Waals surface area (Å²) in [4.78, 5) is 25.8. The van der Waals surface area contributed by atoms with E-state index in [1.807, 2.05) is 60.7 Å². The first kappa shape index (κ1) is 17.0. The third-order valence-electron chi connectivity index (χ3n) is 4.34. The number of piperazine rings is 1. The predicted molar refractivity (Wildman–Crippen MR) is 95.8 cm³/mol. The highest BCUT2D eigenvalue weighted by Crippen LogP contribution is 2.22. The molecule has 0 aromatic heterocycles. The van der Waals surface area contributed by atoms with Gasteiger partial charge in [0.25, 0.3) is 0 Å². The number of nitrogens with one attached hydrogen (secondary N) is 2. The van der Waals surface area contributed by atoms with E-state index in [9.17, 15) is 9.59 Å². The van der Waals surface area contributed by atoms with Crippen LogP contribution in [-0.4, -0.2) is 42.5 Å². The first-order valence-electron chi connectivity index (χ1n) is 8.33. The zero-order valence-electron chi connectivity index (χ0n) is 13.9. The fourth-order valence-corrected chi connectivity index (χ4v) is 2.99. The summed E-state index contributed by atoms with van der Waals surface area (Å²) < 4.78 is 0. The number of urea groups is 1. The molecule has 1 atom stereocenters. The van der Waals surface area contributed by atoms with Crippen LogP contribution >= 0.6 is 0 Å². The maximum absolute atomic E-state index is 12.8. The van der Waals surface area contributed by atoms with Crippen LogP contribution in [0.4, 0.5) is 4.79 Å². The Morgan fingerprint density at radius 3 is 2.12 bits per heavy atom. The van der Waals surface area contributed by atoms with Crippen LogP contribution in [-0.2, 0) is 4.79 Å². The van der Waals surface area contributed by atoms with E-state index in [1.54, 1.807) is 4.90 Å². The van der Waals surface area contributed by atoms with E-state index >= 15 is 0 Å². The number of rotatable bonds is 4. The fourth-order valence-electron chi connectivity index (χ4n) is 2.99. The molecule has 1 aliphatic heterocycles. The summed E-state index contributed by atoms with van der Waals surface area (Å²) in [5, 5.41) is 6.11. The molecule has 1 heterocycles. The lowest BCUT2D eigenvalue weighted by molar-refractivity contribution is -0.120. The Balaban J connectivity index is 1.78. The third kappa shape index (κ3) is 4.16. The molecule has 1 saturated heterocycles. The minimum absolute atomic E-state index is 0.203. The molecule has 0 aliphatic carbocycles. The van der Waals surface area contributed by atoms with Crippen molar-refractivity contribution in [3.05, 3.63) is 71.8 Å². The predicted octanol–water partition coefficient (Wildman–Crippen LogP) is 1.24. The van der Waals surface area contributed by atoms with Crippen molar-refractivity contribution >= 4 is 11.9 Å². The molecule has 1 aliphatic rings. The number of nitrogens with two attached hydrogens (primary N) is 1. The van der Waals surface area contributed by atoms with Gasteiger partial charge in [0.05, 0.1) is 6.04 Å². The van der Waals surface area contributed by atoms with E-state index in [4.69, 9.17) is 5.73 Å². The minimum Gasteiger partial charge on any atom is -0.368 e. The number of carbonyl (C=O) groups excluding carboxylic acids is 2. The Morgan fingerprint density at radius 1 is 1.04 bits per heavy atom. The number of hydrogen-bond acceptors (Lipinski definition) is 3. The van der Waals surface area contributed by atoms with Gasteiger partial charge >= 0.3 is 6.03 Å². The van der Waals surface area contributed by atoms with Gasteiger partial charge in [-0.05, 0) is 11.1 Å². The number of amides is 3. The molecule has 0 radical (unpaired) electrons. The van der Waals surface area contributed by atoms with Gasteiger partial charge in [0.15, 0.2) is 0 Å². The van der Waals surface area contributed by atoms with Crippen molar-refractivity contribution in [1.29, 1.82) is 0 Å². The summed E-state index contributed by atoms with van der Waals surface area (Å²) in [6.45, 7) is 1.35. The molecule has 2 aromatic rings. The van der Waals surface area contributed by atoms with Gasteiger partial charge in [-0.3, -0.25) is 4.79 Å². The largest absolute Gasteiger partial charge is 0.368 e. The van der Waals surface area contributed by atoms with E-state index < -0.39 is 11.9 Å². The molecular formula is C19H22N4O2. The van der Waals surface area contributed by atoms with Crippen molar-refractivity contribution in [3.8, 4) is 0 Å². The van der Waals surface area contributed by atoms with Crippen LogP contribution in [0, 0.1) is 0 Å². The van der Waals surface area contributed by atoms with Gasteiger partial charge in [-0.25, -0.2) is 4.79 Å². The standard InChI is InChI=1S/C19H22N4O2/c20-18(24)16-13-23(12-11-21-16)19(25)22-17(14-7-3-1-4-8-14)15-9-5-2-6-10-15/h1-10,16-17,21H,11-13H2,(H2,20,24)(H,22,25). The van der Waals surface area contributed by atoms with Gasteiger partial charge in [-0.15, -0.1) is 0 Å². The van der Waals surface area contributed by atoms with Gasteiger partial charge in [0.1, 0.15) is 6.04 Å². The van der Waals surface area contributed by atoms with E-state index in [2.05, 4.69) is 10.6 Å². The van der Waals surface area contributed by atoms with Gasteiger partial charge < -0.3 is 21.3 Å². The van der Waals surface area contributed by atoms with E-state index in [0.717, 1.165) is 11.1 Å². The van der Waals surface area contributed by atoms with Crippen LogP contribution in [0.5, 0.6) is 0 Å². The van der Waals surface area contributed by atoms with Crippen LogP contribution in [0.1, 0.15) is 17.2 Å². The molecule has 0 bridgehead atoms. The quantitative estimate of drug-likeness (QED) is 0.784. The Morgan fingerprint density at radius 2 is 1.60 bits per heavy atom. The van der Waals surface area contributed by atoms with E-state index in [1.165, 1.54) is 0 Å². The number of primary amides is 1. The fraction of sp³-hybridized carbons (Fsp3) is 0.263. The molecular weight excluding hydrogens is 316 g/mol. The van der Waals surface area contributed by atoms with Crippen molar-refractivity contribution < 1.29 is 9.59 Å². The lowest BCUT2D eigenvalue weighted by Gasteiger charge is -2.33. The highest BCUT2D eigenvalue weighted by Gasteiger charge is 2.28. The SMILES string of the molecule is NC(=O)C1CN(C(=O)NC(c2ccccc2)c2ccccc2)CCN1. The highest BCUT2D eigenvalue weighted by molar-refractivity contribution is 5.82. The maximum atomic E-state index is 12.8. The smallest absolute Gasteiger partial charge is 0.318 e. The van der Waals surface area contributed by atoms with Crippen molar-refractivity contribution in [3.63, 3.8) is 0 Å². The van der Waals surface area contributed by atoms with Crippen molar-refractivity contribution in [2.45, 2.75) is 12.1 Å². The molecule has 6 heteroatoms. The summed E-state index contributed by atoms with van der Waals surface area (Å²) in [5.74, 6) is -0.444. The molecule has 2 aromatic carbocycles. The molecule has 1 unspecified atom stereocenters. The number of nitrogens with zero attached hydrogens (tertiary/aromatic N) is 1. The van der Waals surface area contributed by atoms with Gasteiger partial charge in [0, 0.05) is 19.6 Å². The van der Waals surface area contributed by atoms with E-state index in [-0.39, 0.29) is 18.6 Å². The molecule has 6 nitrogen and oxygen atoms in total. The number of hydrogen-bond donors (Lipinski definition) is 3. The Kier molecular flexibility index (Phi) is 5.30. The maximum Gasteiger partial charge on any atom is 0.318 e. The molecule has 3 amide bonds. The normalized spacial score (nSPS) is 17.3. The Bertz CT molecular complexity index is 681. The highest BCUT2D eigenvalue weighted by atomic mass is 16.2. The van der Waals surface area contributed by atoms with Crippen LogP contribution in [0.25, 0.3) is 0 Å². The summed E-state index contributed by atoms with van der Waals surface area (Å²) >= 11 is 0. The van der Waals surface area contributed by atoms with Gasteiger partial charge in [0.2, 0.25) is 5.91 Å². The average molecular weight is 338 g/mol. The van der Waals surface area contributed by atoms with Crippen LogP contribution in [0.2, 0.25) is 0 Å². The van der Waals surface area contributed by atoms with Crippen molar-refractivity contribution in [1.82, 2.24) is 15.5 Å². The van der Waals surface area contributed by atoms with Gasteiger partial charge in [-0.2, -0.15) is 0 Å². The van der Waals surface area contributed by atoms with Crippen molar-refractivity contribution in [2.24, 2.45) is 5.73 Å². The summed E-state index contributed by atoms with van der Waals surface area (Å²) in [7, 11) is 0. The summed E-state index contributed by atoms with van der Waals surface area (Å²) in [5.41, 5.74) is 7.36. The Hall–Kier alpha value is -2.86. The number of benzene rings is 2. The molecule has 4 N–H and O–H groups in total. The molecule has 25 heavy (non-hydrogen) atoms. The average Bonchev–Trinajstić information content (AvgIpc) is 2.67. The lowest BCUT2D eigenvalue weighted by Crippen LogP contribution is -2.59. The van der Waals surface area contributed by atoms with Crippen LogP contribution in [0.15, 0.2) is 60.7 Å². The monoisotopic (exact) mass is 338 g/mol. The summed E-state index contributed by atoms with van der Waals surface area (Å²) in [6.07, 6.45) is 0. The molecule has 0 spiro atoms. The first-order valence-corrected chi connectivity index (χ1v) is 8.33. The van der Waals surface area contributed by atoms with Crippen LogP contribution in [0.3, 0.4) is 0 Å². The van der Waals surface area contributed by atoms with Gasteiger partial charge in [-0.1, -0.05) is 60.7 Å². The van der Waals surface area contributed by atoms with E-state index in [0.29, 0.717) is 13.1 Å². The second-order valence-electron chi connectivity index (χ2n) is 6.06. The zero-order chi connectivity index (χ0) is 17.6. The van der Waals surface area contributed by atoms with Crippen LogP contribution < -0.4 is 16.4 Å². The van der Waals surface area contributed by atoms with Crippen molar-refractivity contribution in [2.75, 3.05) is 19.6 Å².